The Kier molecular flexibility index (Phi) is 3.34. The van der Waals surface area contributed by atoms with Crippen molar-refractivity contribution in [2.24, 2.45) is 0 Å². The maximum Gasteiger partial charge on any atom is 0.342 e. The molecule has 0 aliphatic carbocycles. The first kappa shape index (κ1) is 11.8. The molecule has 0 bridgehead atoms. The van der Waals surface area contributed by atoms with Gasteiger partial charge in [0.2, 0.25) is 0 Å². The van der Waals surface area contributed by atoms with Gasteiger partial charge in [0.05, 0.1) is 11.9 Å². The Morgan fingerprint density at radius 2 is 2.39 bits per heavy atom. The Hall–Kier alpha value is -2.68. The number of nitrogens with zero attached hydrogens (tertiary/aromatic N) is 4. The van der Waals surface area contributed by atoms with Gasteiger partial charge in [-0.2, -0.15) is 10.4 Å². The van der Waals surface area contributed by atoms with E-state index < -0.39 is 5.97 Å². The zero-order valence-corrected chi connectivity index (χ0v) is 9.70. The van der Waals surface area contributed by atoms with Gasteiger partial charge in [-0.1, -0.05) is 6.07 Å². The van der Waals surface area contributed by atoms with Gasteiger partial charge in [0.1, 0.15) is 11.6 Å². The van der Waals surface area contributed by atoms with Crippen LogP contribution in [0.25, 0.3) is 5.82 Å². The Morgan fingerprint density at radius 1 is 1.56 bits per heavy atom. The van der Waals surface area contributed by atoms with Crippen LogP contribution in [0.15, 0.2) is 30.6 Å². The number of pyridine rings is 1. The first-order valence-electron chi connectivity index (χ1n) is 5.24. The summed E-state index contributed by atoms with van der Waals surface area (Å²) >= 11 is 0. The van der Waals surface area contributed by atoms with Crippen molar-refractivity contribution < 1.29 is 9.53 Å². The van der Waals surface area contributed by atoms with Crippen LogP contribution in [-0.2, 0) is 4.74 Å². The predicted molar refractivity (Wildman–Crippen MR) is 62.0 cm³/mol. The van der Waals surface area contributed by atoms with Crippen LogP contribution in [0.2, 0.25) is 0 Å². The maximum atomic E-state index is 11.6. The normalized spacial score (nSPS) is 9.78. The van der Waals surface area contributed by atoms with Crippen LogP contribution in [0.5, 0.6) is 0 Å². The average molecular weight is 242 g/mol. The predicted octanol–water partition coefficient (Wildman–Crippen LogP) is 1.26. The first-order valence-corrected chi connectivity index (χ1v) is 5.24. The van der Waals surface area contributed by atoms with Crippen LogP contribution in [0.4, 0.5) is 0 Å². The molecule has 0 saturated heterocycles. The fourth-order valence-corrected chi connectivity index (χ4v) is 1.50. The van der Waals surface area contributed by atoms with Crippen molar-refractivity contribution in [3.8, 4) is 11.9 Å². The summed E-state index contributed by atoms with van der Waals surface area (Å²) in [6, 6.07) is 7.15. The van der Waals surface area contributed by atoms with Crippen LogP contribution >= 0.6 is 0 Å². The lowest BCUT2D eigenvalue weighted by molar-refractivity contribution is 0.0554. The molecule has 90 valence electrons. The monoisotopic (exact) mass is 242 g/mol. The molecule has 0 aliphatic heterocycles. The van der Waals surface area contributed by atoms with Crippen LogP contribution in [0.1, 0.15) is 16.1 Å². The minimum atomic E-state index is -0.559. The molecule has 0 aromatic carbocycles. The van der Waals surface area contributed by atoms with Gasteiger partial charge in [0.15, 0.2) is 12.4 Å². The number of ether oxygens (including phenoxy) is 1. The highest BCUT2D eigenvalue weighted by atomic mass is 16.5. The Labute approximate surface area is 103 Å². The van der Waals surface area contributed by atoms with Gasteiger partial charge in [-0.05, 0) is 19.1 Å². The Bertz CT molecular complexity index is 598. The number of hydrogen-bond donors (Lipinski definition) is 0. The lowest BCUT2D eigenvalue weighted by Gasteiger charge is -2.03. The van der Waals surface area contributed by atoms with E-state index in [0.717, 1.165) is 0 Å². The Morgan fingerprint density at radius 3 is 3.06 bits per heavy atom. The summed E-state index contributed by atoms with van der Waals surface area (Å²) in [4.78, 5) is 15.8. The topological polar surface area (TPSA) is 80.8 Å². The summed E-state index contributed by atoms with van der Waals surface area (Å²) in [6.45, 7) is 1.47. The van der Waals surface area contributed by atoms with Crippen molar-refractivity contribution in [1.82, 2.24) is 14.8 Å². The summed E-state index contributed by atoms with van der Waals surface area (Å²) in [5.41, 5.74) is 0.951. The van der Waals surface area contributed by atoms with Gasteiger partial charge >= 0.3 is 5.97 Å². The zero-order valence-electron chi connectivity index (χ0n) is 9.70. The SMILES string of the molecule is Cc1c(C(=O)OCC#N)cnn1-c1ccccn1. The molecule has 2 aromatic heterocycles. The van der Waals surface area contributed by atoms with E-state index in [1.54, 1.807) is 36.0 Å². The van der Waals surface area contributed by atoms with Gasteiger partial charge < -0.3 is 4.74 Å². The quantitative estimate of drug-likeness (QED) is 0.757. The number of carbonyl (C=O) groups is 1. The summed E-state index contributed by atoms with van der Waals surface area (Å²) in [7, 11) is 0. The molecular formula is C12H10N4O2. The van der Waals surface area contributed by atoms with E-state index in [4.69, 9.17) is 10.00 Å². The van der Waals surface area contributed by atoms with Crippen LogP contribution < -0.4 is 0 Å². The van der Waals surface area contributed by atoms with Gasteiger partial charge in [0.25, 0.3) is 0 Å². The molecule has 0 saturated carbocycles. The highest BCUT2D eigenvalue weighted by Crippen LogP contribution is 2.12. The molecule has 0 aliphatic rings. The minimum absolute atomic E-state index is 0.271. The molecular weight excluding hydrogens is 232 g/mol. The third kappa shape index (κ3) is 2.20. The van der Waals surface area contributed by atoms with Gasteiger partial charge in [-0.25, -0.2) is 14.5 Å². The largest absolute Gasteiger partial charge is 0.447 e. The summed E-state index contributed by atoms with van der Waals surface area (Å²) < 4.78 is 6.28. The van der Waals surface area contributed by atoms with E-state index >= 15 is 0 Å². The molecule has 0 atom stereocenters. The highest BCUT2D eigenvalue weighted by molar-refractivity contribution is 5.90. The molecule has 0 fully saturated rings. The van der Waals surface area contributed by atoms with E-state index in [-0.39, 0.29) is 6.61 Å². The van der Waals surface area contributed by atoms with E-state index in [0.29, 0.717) is 17.1 Å². The lowest BCUT2D eigenvalue weighted by atomic mass is 10.2. The van der Waals surface area contributed by atoms with Gasteiger partial charge in [-0.15, -0.1) is 0 Å². The molecule has 0 radical (unpaired) electrons. The van der Waals surface area contributed by atoms with E-state index in [9.17, 15) is 4.79 Å². The smallest absolute Gasteiger partial charge is 0.342 e. The number of aromatic nitrogens is 3. The average Bonchev–Trinajstić information content (AvgIpc) is 2.79. The van der Waals surface area contributed by atoms with E-state index in [1.165, 1.54) is 6.20 Å². The fraction of sp³-hybridized carbons (Fsp3) is 0.167. The summed E-state index contributed by atoms with van der Waals surface area (Å²) in [5.74, 6) is 0.0607. The summed E-state index contributed by atoms with van der Waals surface area (Å²) in [5, 5.41) is 12.4. The number of hydrogen-bond acceptors (Lipinski definition) is 5. The molecule has 6 nitrogen and oxygen atoms in total. The molecule has 0 amide bonds. The molecule has 6 heteroatoms. The van der Waals surface area contributed by atoms with Crippen molar-refractivity contribution in [2.45, 2.75) is 6.92 Å². The van der Waals surface area contributed by atoms with Crippen molar-refractivity contribution in [1.29, 1.82) is 5.26 Å². The standard InChI is InChI=1S/C12H10N4O2/c1-9-10(12(17)18-7-5-13)8-15-16(9)11-4-2-3-6-14-11/h2-4,6,8H,7H2,1H3. The zero-order chi connectivity index (χ0) is 13.0. The number of carbonyl (C=O) groups excluding carboxylic acids is 1. The first-order chi connectivity index (χ1) is 8.74. The summed E-state index contributed by atoms with van der Waals surface area (Å²) in [6.07, 6.45) is 3.05. The van der Waals surface area contributed by atoms with Crippen molar-refractivity contribution in [3.63, 3.8) is 0 Å². The molecule has 18 heavy (non-hydrogen) atoms. The molecule has 2 rings (SSSR count). The molecule has 0 unspecified atom stereocenters. The molecule has 0 N–H and O–H groups in total. The molecule has 2 heterocycles. The third-order valence-corrected chi connectivity index (χ3v) is 2.36. The number of nitriles is 1. The van der Waals surface area contributed by atoms with Crippen LogP contribution in [0.3, 0.4) is 0 Å². The minimum Gasteiger partial charge on any atom is -0.447 e. The van der Waals surface area contributed by atoms with Crippen LogP contribution in [0, 0.1) is 18.3 Å². The molecule has 0 spiro atoms. The number of rotatable bonds is 3. The van der Waals surface area contributed by atoms with Gasteiger partial charge in [0, 0.05) is 6.20 Å². The van der Waals surface area contributed by atoms with Gasteiger partial charge in [-0.3, -0.25) is 0 Å². The lowest BCUT2D eigenvalue weighted by Crippen LogP contribution is -2.07. The van der Waals surface area contributed by atoms with Crippen LogP contribution in [-0.4, -0.2) is 27.3 Å². The second-order valence-electron chi connectivity index (χ2n) is 3.48. The van der Waals surface area contributed by atoms with E-state index in [2.05, 4.69) is 10.1 Å². The highest BCUT2D eigenvalue weighted by Gasteiger charge is 2.16. The fourth-order valence-electron chi connectivity index (χ4n) is 1.50. The second kappa shape index (κ2) is 5.10. The molecule has 2 aromatic rings. The van der Waals surface area contributed by atoms with Crippen molar-refractivity contribution in [2.75, 3.05) is 6.61 Å². The Balaban J connectivity index is 2.30. The van der Waals surface area contributed by atoms with Crippen molar-refractivity contribution >= 4 is 5.97 Å². The van der Waals surface area contributed by atoms with E-state index in [1.807, 2.05) is 6.07 Å². The number of esters is 1. The maximum absolute atomic E-state index is 11.6. The third-order valence-electron chi connectivity index (χ3n) is 2.36. The second-order valence-corrected chi connectivity index (χ2v) is 3.48. The van der Waals surface area contributed by atoms with Crippen molar-refractivity contribution in [3.05, 3.63) is 41.9 Å².